The second kappa shape index (κ2) is 6.21. The first kappa shape index (κ1) is 15.4. The van der Waals surface area contributed by atoms with E-state index in [0.29, 0.717) is 11.2 Å². The number of nitrogens with one attached hydrogen (secondary N) is 1. The van der Waals surface area contributed by atoms with E-state index < -0.39 is 22.8 Å². The highest BCUT2D eigenvalue weighted by atomic mass is 32.2. The lowest BCUT2D eigenvalue weighted by atomic mass is 10.2. The maximum Gasteiger partial charge on any atom is 0.242 e. The maximum absolute atomic E-state index is 13.4. The minimum Gasteiger partial charge on any atom is -0.324 e. The van der Waals surface area contributed by atoms with Crippen LogP contribution in [-0.4, -0.2) is 41.2 Å². The highest BCUT2D eigenvalue weighted by Crippen LogP contribution is 2.28. The van der Waals surface area contributed by atoms with Gasteiger partial charge in [0.25, 0.3) is 0 Å². The Morgan fingerprint density at radius 2 is 2.19 bits per heavy atom. The molecule has 2 rings (SSSR count). The zero-order chi connectivity index (χ0) is 15.6. The number of aliphatic imine (C=N–C) groups is 1. The number of hydrogen-bond acceptors (Lipinski definition) is 4. The standard InChI is InChI=1S/C13H13F2N3O2S/c1-16-13-18(2)12(20)10(21-13)6-11(19)17-9-4-3-7(14)5-8(9)15/h3-5,10H,6H2,1-2H3,(H,17,19)/t10-/m0/s1. The third-order valence-corrected chi connectivity index (χ3v) is 4.23. The third-order valence-electron chi connectivity index (χ3n) is 2.91. The summed E-state index contributed by atoms with van der Waals surface area (Å²) >= 11 is 1.18. The lowest BCUT2D eigenvalue weighted by Gasteiger charge is -2.09. The number of nitrogens with zero attached hydrogens (tertiary/aromatic N) is 2. The van der Waals surface area contributed by atoms with Crippen molar-refractivity contribution in [2.45, 2.75) is 11.7 Å². The fraction of sp³-hybridized carbons (Fsp3) is 0.308. The zero-order valence-electron chi connectivity index (χ0n) is 11.4. The number of anilines is 1. The second-order valence-electron chi connectivity index (χ2n) is 4.39. The first-order valence-electron chi connectivity index (χ1n) is 6.08. The van der Waals surface area contributed by atoms with Crippen molar-refractivity contribution in [3.8, 4) is 0 Å². The van der Waals surface area contributed by atoms with Crippen molar-refractivity contribution >= 4 is 34.4 Å². The number of halogens is 2. The third kappa shape index (κ3) is 3.38. The van der Waals surface area contributed by atoms with Gasteiger partial charge in [-0.25, -0.2) is 8.78 Å². The molecule has 1 atom stereocenters. The number of carbonyl (C=O) groups excluding carboxylic acids is 2. The largest absolute Gasteiger partial charge is 0.324 e. The lowest BCUT2D eigenvalue weighted by Crippen LogP contribution is -2.30. The molecule has 1 saturated heterocycles. The van der Waals surface area contributed by atoms with Gasteiger partial charge >= 0.3 is 0 Å². The van der Waals surface area contributed by atoms with E-state index in [2.05, 4.69) is 10.3 Å². The molecule has 21 heavy (non-hydrogen) atoms. The van der Waals surface area contributed by atoms with Crippen molar-refractivity contribution in [2.24, 2.45) is 4.99 Å². The van der Waals surface area contributed by atoms with Crippen LogP contribution in [-0.2, 0) is 9.59 Å². The fourth-order valence-electron chi connectivity index (χ4n) is 1.86. The van der Waals surface area contributed by atoms with E-state index >= 15 is 0 Å². The summed E-state index contributed by atoms with van der Waals surface area (Å²) in [5.74, 6) is -2.33. The highest BCUT2D eigenvalue weighted by Gasteiger charge is 2.36. The molecule has 0 aromatic heterocycles. The molecule has 0 saturated carbocycles. The molecule has 1 aromatic rings. The molecular weight excluding hydrogens is 300 g/mol. The van der Waals surface area contributed by atoms with Gasteiger partial charge in [0.2, 0.25) is 11.8 Å². The van der Waals surface area contributed by atoms with Gasteiger partial charge in [-0.05, 0) is 12.1 Å². The topological polar surface area (TPSA) is 61.8 Å². The first-order valence-corrected chi connectivity index (χ1v) is 6.96. The van der Waals surface area contributed by atoms with Crippen molar-refractivity contribution in [1.82, 2.24) is 4.90 Å². The molecule has 0 aliphatic carbocycles. The summed E-state index contributed by atoms with van der Waals surface area (Å²) in [5.41, 5.74) is -0.116. The number of hydrogen-bond donors (Lipinski definition) is 1. The average molecular weight is 313 g/mol. The Bertz CT molecular complexity index is 621. The summed E-state index contributed by atoms with van der Waals surface area (Å²) in [6.07, 6.45) is -0.107. The number of amidine groups is 1. The summed E-state index contributed by atoms with van der Waals surface area (Å²) in [5, 5.41) is 2.28. The van der Waals surface area contributed by atoms with E-state index in [1.165, 1.54) is 16.7 Å². The van der Waals surface area contributed by atoms with Gasteiger partial charge in [0.05, 0.1) is 5.69 Å². The van der Waals surface area contributed by atoms with Gasteiger partial charge < -0.3 is 5.32 Å². The monoisotopic (exact) mass is 313 g/mol. The Morgan fingerprint density at radius 3 is 2.76 bits per heavy atom. The molecule has 1 fully saturated rings. The maximum atomic E-state index is 13.4. The van der Waals surface area contributed by atoms with Gasteiger partial charge in [-0.3, -0.25) is 19.5 Å². The van der Waals surface area contributed by atoms with Crippen molar-refractivity contribution in [3.63, 3.8) is 0 Å². The molecule has 1 heterocycles. The molecule has 0 spiro atoms. The van der Waals surface area contributed by atoms with E-state index in [9.17, 15) is 18.4 Å². The summed E-state index contributed by atoms with van der Waals surface area (Å²) in [6.45, 7) is 0. The van der Waals surface area contributed by atoms with Crippen LogP contribution in [0, 0.1) is 11.6 Å². The van der Waals surface area contributed by atoms with Gasteiger partial charge in [0.15, 0.2) is 5.17 Å². The number of rotatable bonds is 3. The van der Waals surface area contributed by atoms with Crippen LogP contribution < -0.4 is 5.32 Å². The van der Waals surface area contributed by atoms with E-state index in [0.717, 1.165) is 12.1 Å². The van der Waals surface area contributed by atoms with Gasteiger partial charge in [0, 0.05) is 26.6 Å². The first-order chi connectivity index (χ1) is 9.92. The van der Waals surface area contributed by atoms with Crippen LogP contribution in [0.2, 0.25) is 0 Å². The lowest BCUT2D eigenvalue weighted by molar-refractivity contribution is -0.127. The van der Waals surface area contributed by atoms with Gasteiger partial charge in [-0.15, -0.1) is 0 Å². The van der Waals surface area contributed by atoms with Crippen LogP contribution in [0.1, 0.15) is 6.42 Å². The molecule has 5 nitrogen and oxygen atoms in total. The fourth-order valence-corrected chi connectivity index (χ4v) is 2.96. The molecule has 1 N–H and O–H groups in total. The summed E-state index contributed by atoms with van der Waals surface area (Å²) in [4.78, 5) is 29.1. The van der Waals surface area contributed by atoms with E-state index in [1.54, 1.807) is 14.1 Å². The Labute approximate surface area is 124 Å². The minimum absolute atomic E-state index is 0.107. The van der Waals surface area contributed by atoms with Crippen LogP contribution in [0.15, 0.2) is 23.2 Å². The quantitative estimate of drug-likeness (QED) is 0.926. The molecule has 0 radical (unpaired) electrons. The molecular formula is C13H13F2N3O2S. The molecule has 2 amide bonds. The highest BCUT2D eigenvalue weighted by molar-refractivity contribution is 8.15. The van der Waals surface area contributed by atoms with Gasteiger partial charge in [0.1, 0.15) is 16.9 Å². The molecule has 0 bridgehead atoms. The Kier molecular flexibility index (Phi) is 4.56. The van der Waals surface area contributed by atoms with E-state index in [1.807, 2.05) is 0 Å². The van der Waals surface area contributed by atoms with Crippen LogP contribution >= 0.6 is 11.8 Å². The second-order valence-corrected chi connectivity index (χ2v) is 5.56. The molecule has 1 aliphatic rings. The van der Waals surface area contributed by atoms with Crippen molar-refractivity contribution in [3.05, 3.63) is 29.8 Å². The number of amides is 2. The molecule has 0 unspecified atom stereocenters. The van der Waals surface area contributed by atoms with Crippen molar-refractivity contribution in [2.75, 3.05) is 19.4 Å². The predicted molar refractivity (Wildman–Crippen MR) is 77.1 cm³/mol. The number of carbonyl (C=O) groups is 2. The number of thioether (sulfide) groups is 1. The minimum atomic E-state index is -0.860. The number of benzene rings is 1. The SMILES string of the molecule is CN=C1S[C@@H](CC(=O)Nc2ccc(F)cc2F)C(=O)N1C. The summed E-state index contributed by atoms with van der Waals surface area (Å²) < 4.78 is 26.2. The van der Waals surface area contributed by atoms with E-state index in [-0.39, 0.29) is 18.0 Å². The van der Waals surface area contributed by atoms with Crippen LogP contribution in [0.3, 0.4) is 0 Å². The molecule has 112 valence electrons. The predicted octanol–water partition coefficient (Wildman–Crippen LogP) is 1.85. The average Bonchev–Trinajstić information content (AvgIpc) is 2.70. The summed E-state index contributed by atoms with van der Waals surface area (Å²) in [7, 11) is 3.14. The smallest absolute Gasteiger partial charge is 0.242 e. The van der Waals surface area contributed by atoms with Gasteiger partial charge in [-0.2, -0.15) is 0 Å². The molecule has 8 heteroatoms. The van der Waals surface area contributed by atoms with Gasteiger partial charge in [-0.1, -0.05) is 11.8 Å². The Balaban J connectivity index is 2.01. The molecule has 1 aromatic carbocycles. The van der Waals surface area contributed by atoms with Crippen molar-refractivity contribution < 1.29 is 18.4 Å². The van der Waals surface area contributed by atoms with Crippen LogP contribution in [0.5, 0.6) is 0 Å². The zero-order valence-corrected chi connectivity index (χ0v) is 12.2. The molecule has 1 aliphatic heterocycles. The normalized spacial score (nSPS) is 20.2. The van der Waals surface area contributed by atoms with Crippen molar-refractivity contribution in [1.29, 1.82) is 0 Å². The van der Waals surface area contributed by atoms with E-state index in [4.69, 9.17) is 0 Å². The Hall–Kier alpha value is -1.96. The summed E-state index contributed by atoms with van der Waals surface area (Å²) in [6, 6.07) is 2.86. The van der Waals surface area contributed by atoms with Crippen LogP contribution in [0.4, 0.5) is 14.5 Å². The Morgan fingerprint density at radius 1 is 1.48 bits per heavy atom. The van der Waals surface area contributed by atoms with Crippen LogP contribution in [0.25, 0.3) is 0 Å².